The number of benzene rings is 2. The van der Waals surface area contributed by atoms with Gasteiger partial charge in [0.1, 0.15) is 17.8 Å². The fourth-order valence-electron chi connectivity index (χ4n) is 6.08. The number of aliphatic hydroxyl groups excluding tert-OH is 2. The van der Waals surface area contributed by atoms with Gasteiger partial charge < -0.3 is 20.0 Å². The van der Waals surface area contributed by atoms with Crippen LogP contribution in [-0.2, 0) is 6.54 Å². The van der Waals surface area contributed by atoms with Crippen LogP contribution in [0.2, 0.25) is 0 Å². The fourth-order valence-corrected chi connectivity index (χ4v) is 6.08. The Hall–Kier alpha value is -5.81. The van der Waals surface area contributed by atoms with Crippen molar-refractivity contribution in [3.05, 3.63) is 120 Å². The lowest BCUT2D eigenvalue weighted by Crippen LogP contribution is -2.46. The van der Waals surface area contributed by atoms with Gasteiger partial charge in [0, 0.05) is 43.6 Å². The van der Waals surface area contributed by atoms with E-state index in [9.17, 15) is 27.8 Å². The minimum Gasteiger partial charge on any atom is -0.390 e. The van der Waals surface area contributed by atoms with Crippen molar-refractivity contribution < 1.29 is 27.8 Å². The standard InChI is InChI=1S/C34H31F4N11O2/c35-27-4-2-1-3-26(27)32(30(50)20-48-21-41-43-45-48)28-11-7-23(17-39-28)22-5-8-24(9-6-22)46-13-15-47(16-14-46)25-10-12-31(40-18-25)49-19-29(42-44-49)33(51)34(36,37)38/h1-12,17-19,21,30,32-33,50-51H,13-16,20H2. The number of rotatable bonds is 10. The predicted octanol–water partition coefficient (Wildman–Crippen LogP) is 3.97. The van der Waals surface area contributed by atoms with Crippen LogP contribution in [0.1, 0.15) is 29.0 Å². The van der Waals surface area contributed by atoms with E-state index < -0.39 is 35.8 Å². The third-order valence-electron chi connectivity index (χ3n) is 8.77. The lowest BCUT2D eigenvalue weighted by molar-refractivity contribution is -0.208. The molecule has 1 aliphatic rings. The van der Waals surface area contributed by atoms with Crippen molar-refractivity contribution in [1.29, 1.82) is 0 Å². The van der Waals surface area contributed by atoms with Gasteiger partial charge >= 0.3 is 6.18 Å². The van der Waals surface area contributed by atoms with Crippen LogP contribution in [0.3, 0.4) is 0 Å². The third-order valence-corrected chi connectivity index (χ3v) is 8.77. The first-order chi connectivity index (χ1) is 24.6. The first kappa shape index (κ1) is 33.7. The summed E-state index contributed by atoms with van der Waals surface area (Å²) < 4.78 is 55.8. The highest BCUT2D eigenvalue weighted by atomic mass is 19.4. The van der Waals surface area contributed by atoms with Crippen molar-refractivity contribution >= 4 is 11.4 Å². The van der Waals surface area contributed by atoms with E-state index in [4.69, 9.17) is 0 Å². The lowest BCUT2D eigenvalue weighted by atomic mass is 9.89. The molecule has 51 heavy (non-hydrogen) atoms. The van der Waals surface area contributed by atoms with Crippen molar-refractivity contribution in [3.63, 3.8) is 0 Å². The molecule has 3 unspecified atom stereocenters. The van der Waals surface area contributed by atoms with E-state index >= 15 is 0 Å². The number of hydrogen-bond acceptors (Lipinski definition) is 11. The highest BCUT2D eigenvalue weighted by Crippen LogP contribution is 2.33. The van der Waals surface area contributed by atoms with E-state index in [2.05, 4.69) is 57.7 Å². The molecule has 0 amide bonds. The van der Waals surface area contributed by atoms with Crippen molar-refractivity contribution in [1.82, 2.24) is 45.2 Å². The van der Waals surface area contributed by atoms with Crippen molar-refractivity contribution in [3.8, 4) is 16.9 Å². The molecule has 0 saturated carbocycles. The Morgan fingerprint density at radius 1 is 0.745 bits per heavy atom. The number of alkyl halides is 3. The van der Waals surface area contributed by atoms with Crippen LogP contribution in [-0.4, -0.2) is 93.8 Å². The molecule has 13 nitrogen and oxygen atoms in total. The van der Waals surface area contributed by atoms with Crippen LogP contribution >= 0.6 is 0 Å². The topological polar surface area (TPSA) is 147 Å². The molecule has 1 fully saturated rings. The van der Waals surface area contributed by atoms with E-state index in [0.29, 0.717) is 11.3 Å². The first-order valence-corrected chi connectivity index (χ1v) is 16.0. The van der Waals surface area contributed by atoms with Gasteiger partial charge in [-0.05, 0) is 58.0 Å². The summed E-state index contributed by atoms with van der Waals surface area (Å²) in [5.41, 5.74) is 3.97. The number of aliphatic hydroxyl groups is 2. The van der Waals surface area contributed by atoms with Crippen molar-refractivity contribution in [2.45, 2.75) is 30.8 Å². The van der Waals surface area contributed by atoms with Gasteiger partial charge in [-0.15, -0.1) is 10.2 Å². The Bertz CT molecular complexity index is 2030. The number of halogens is 4. The van der Waals surface area contributed by atoms with Crippen LogP contribution in [0.5, 0.6) is 0 Å². The smallest absolute Gasteiger partial charge is 0.390 e. The van der Waals surface area contributed by atoms with Gasteiger partial charge in [-0.25, -0.2) is 18.7 Å². The molecule has 7 rings (SSSR count). The monoisotopic (exact) mass is 701 g/mol. The number of nitrogens with zero attached hydrogens (tertiary/aromatic N) is 11. The summed E-state index contributed by atoms with van der Waals surface area (Å²) in [6.45, 7) is 3.01. The molecule has 2 aromatic carbocycles. The number of tetrazole rings is 1. The molecule has 262 valence electrons. The number of aromatic nitrogens is 9. The van der Waals surface area contributed by atoms with Gasteiger partial charge in [0.05, 0.1) is 42.3 Å². The van der Waals surface area contributed by atoms with E-state index in [1.807, 2.05) is 24.3 Å². The molecule has 1 aliphatic heterocycles. The molecule has 17 heteroatoms. The molecule has 4 aromatic heterocycles. The van der Waals surface area contributed by atoms with Gasteiger partial charge in [0.25, 0.3) is 0 Å². The van der Waals surface area contributed by atoms with Crippen LogP contribution in [0, 0.1) is 5.82 Å². The highest BCUT2D eigenvalue weighted by molar-refractivity contribution is 5.66. The molecule has 6 aromatic rings. The first-order valence-electron chi connectivity index (χ1n) is 16.0. The fraction of sp³-hybridized carbons (Fsp3) is 0.265. The van der Waals surface area contributed by atoms with E-state index in [0.717, 1.165) is 59.6 Å². The van der Waals surface area contributed by atoms with Crippen molar-refractivity contribution in [2.75, 3.05) is 36.0 Å². The third kappa shape index (κ3) is 7.39. The molecular weight excluding hydrogens is 670 g/mol. The average molecular weight is 702 g/mol. The summed E-state index contributed by atoms with van der Waals surface area (Å²) >= 11 is 0. The predicted molar refractivity (Wildman–Crippen MR) is 176 cm³/mol. The van der Waals surface area contributed by atoms with E-state index in [-0.39, 0.29) is 12.4 Å². The summed E-state index contributed by atoms with van der Waals surface area (Å²) in [5.74, 6) is -0.911. The van der Waals surface area contributed by atoms with Gasteiger partial charge in [0.2, 0.25) is 0 Å². The zero-order valence-electron chi connectivity index (χ0n) is 26.8. The minimum atomic E-state index is -4.84. The molecule has 2 N–H and O–H groups in total. The van der Waals surface area contributed by atoms with E-state index in [1.165, 1.54) is 17.1 Å². The molecule has 0 radical (unpaired) electrons. The van der Waals surface area contributed by atoms with Gasteiger partial charge in [-0.3, -0.25) is 4.98 Å². The maximum atomic E-state index is 14.9. The second kappa shape index (κ2) is 14.2. The maximum absolute atomic E-state index is 14.9. The van der Waals surface area contributed by atoms with Gasteiger partial charge in [0.15, 0.2) is 11.9 Å². The Morgan fingerprint density at radius 3 is 2.08 bits per heavy atom. The SMILES string of the molecule is OC(Cn1cnnn1)C(c1ccc(-c2ccc(N3CCN(c4ccc(-n5cc(C(O)C(F)(F)F)nn5)nc4)CC3)cc2)cn1)c1ccccc1F. The second-order valence-electron chi connectivity index (χ2n) is 12.0. The van der Waals surface area contributed by atoms with Crippen LogP contribution < -0.4 is 9.80 Å². The summed E-state index contributed by atoms with van der Waals surface area (Å²) in [4.78, 5) is 13.4. The summed E-state index contributed by atoms with van der Waals surface area (Å²) in [6.07, 6.45) is -2.86. The van der Waals surface area contributed by atoms with Crippen LogP contribution in [0.4, 0.5) is 28.9 Å². The molecular formula is C34H31F4N11O2. The normalized spacial score (nSPS) is 15.5. The van der Waals surface area contributed by atoms with Gasteiger partial charge in [-0.2, -0.15) is 13.2 Å². The van der Waals surface area contributed by atoms with E-state index in [1.54, 1.807) is 42.7 Å². The highest BCUT2D eigenvalue weighted by Gasteiger charge is 2.41. The average Bonchev–Trinajstić information content (AvgIpc) is 3.86. The largest absolute Gasteiger partial charge is 0.420 e. The molecule has 3 atom stereocenters. The Kier molecular flexibility index (Phi) is 9.38. The molecule has 0 spiro atoms. The Morgan fingerprint density at radius 2 is 1.45 bits per heavy atom. The van der Waals surface area contributed by atoms with Gasteiger partial charge in [-0.1, -0.05) is 41.6 Å². The molecule has 0 aliphatic carbocycles. The summed E-state index contributed by atoms with van der Waals surface area (Å²) in [6, 6.07) is 21.6. The zero-order valence-corrected chi connectivity index (χ0v) is 26.8. The second-order valence-corrected chi connectivity index (χ2v) is 12.0. The van der Waals surface area contributed by atoms with Crippen molar-refractivity contribution in [2.24, 2.45) is 0 Å². The lowest BCUT2D eigenvalue weighted by Gasteiger charge is -2.37. The summed E-state index contributed by atoms with van der Waals surface area (Å²) in [7, 11) is 0. The van der Waals surface area contributed by atoms with Crippen LogP contribution in [0.15, 0.2) is 97.7 Å². The summed E-state index contributed by atoms with van der Waals surface area (Å²) in [5, 5.41) is 38.7. The number of hydrogen-bond donors (Lipinski definition) is 2. The molecule has 1 saturated heterocycles. The number of anilines is 2. The zero-order chi connectivity index (χ0) is 35.5. The number of piperazine rings is 1. The quantitative estimate of drug-likeness (QED) is 0.200. The molecule has 0 bridgehead atoms. The Labute approximate surface area is 288 Å². The maximum Gasteiger partial charge on any atom is 0.420 e. The Balaban J connectivity index is 0.978. The number of pyridine rings is 2. The molecule has 5 heterocycles. The minimum absolute atomic E-state index is 0.0580. The van der Waals surface area contributed by atoms with Crippen LogP contribution in [0.25, 0.3) is 16.9 Å².